The highest BCUT2D eigenvalue weighted by Crippen LogP contribution is 2.29. The van der Waals surface area contributed by atoms with Gasteiger partial charge in [0.2, 0.25) is 5.91 Å². The van der Waals surface area contributed by atoms with Gasteiger partial charge in [0.15, 0.2) is 0 Å². The second-order valence-corrected chi connectivity index (χ2v) is 5.74. The molecular weight excluding hydrogens is 322 g/mol. The van der Waals surface area contributed by atoms with Gasteiger partial charge in [0.1, 0.15) is 18.4 Å². The van der Waals surface area contributed by atoms with E-state index in [2.05, 4.69) is 5.32 Å². The highest BCUT2D eigenvalue weighted by Gasteiger charge is 2.19. The minimum Gasteiger partial charge on any atom is -0.489 e. The lowest BCUT2D eigenvalue weighted by Crippen LogP contribution is -2.43. The number of imide groups is 1. The van der Waals surface area contributed by atoms with Crippen molar-refractivity contribution in [1.82, 2.24) is 5.32 Å². The predicted molar refractivity (Wildman–Crippen MR) is 86.7 cm³/mol. The Hall–Kier alpha value is -1.99. The molecule has 126 valence electrons. The number of amides is 3. The molecule has 23 heavy (non-hydrogen) atoms. The van der Waals surface area contributed by atoms with Crippen LogP contribution in [0.4, 0.5) is 10.5 Å². The quantitative estimate of drug-likeness (QED) is 0.733. The summed E-state index contributed by atoms with van der Waals surface area (Å²) >= 11 is 6.00. The highest BCUT2D eigenvalue weighted by atomic mass is 35.5. The number of carbonyl (C=O) groups is 2. The maximum atomic E-state index is 11.8. The van der Waals surface area contributed by atoms with Crippen molar-refractivity contribution < 1.29 is 19.1 Å². The van der Waals surface area contributed by atoms with Gasteiger partial charge in [-0.15, -0.1) is 0 Å². The van der Waals surface area contributed by atoms with Gasteiger partial charge in [-0.05, 0) is 38.0 Å². The molecule has 2 unspecified atom stereocenters. The summed E-state index contributed by atoms with van der Waals surface area (Å²) in [6, 6.07) is 3.49. The molecule has 3 amide bonds. The number of anilines is 1. The second kappa shape index (κ2) is 8.03. The first-order chi connectivity index (χ1) is 11.0. The summed E-state index contributed by atoms with van der Waals surface area (Å²) in [5.41, 5.74) is 5.50. The summed E-state index contributed by atoms with van der Waals surface area (Å²) < 4.78 is 11.3. The zero-order valence-electron chi connectivity index (χ0n) is 12.8. The van der Waals surface area contributed by atoms with Crippen LogP contribution in [0.2, 0.25) is 5.02 Å². The van der Waals surface area contributed by atoms with Crippen LogP contribution in [0.3, 0.4) is 0 Å². The Balaban J connectivity index is 2.02. The van der Waals surface area contributed by atoms with Gasteiger partial charge in [-0.3, -0.25) is 10.1 Å². The van der Waals surface area contributed by atoms with E-state index in [9.17, 15) is 9.59 Å². The van der Waals surface area contributed by atoms with Crippen LogP contribution < -0.4 is 21.1 Å². The second-order valence-electron chi connectivity index (χ2n) is 5.31. The van der Waals surface area contributed by atoms with E-state index in [1.54, 1.807) is 25.1 Å². The molecule has 1 saturated heterocycles. The molecule has 0 bridgehead atoms. The lowest BCUT2D eigenvalue weighted by atomic mass is 10.2. The third kappa shape index (κ3) is 5.30. The summed E-state index contributed by atoms with van der Waals surface area (Å²) in [6.45, 7) is 2.78. The minimum atomic E-state index is -0.899. The van der Waals surface area contributed by atoms with Gasteiger partial charge in [0, 0.05) is 11.6 Å². The molecule has 0 saturated carbocycles. The number of benzene rings is 1. The van der Waals surface area contributed by atoms with Crippen molar-refractivity contribution in [3.8, 4) is 5.75 Å². The van der Waals surface area contributed by atoms with Crippen molar-refractivity contribution in [3.05, 3.63) is 23.2 Å². The Morgan fingerprint density at radius 1 is 1.52 bits per heavy atom. The average Bonchev–Trinajstić information content (AvgIpc) is 2.99. The molecule has 0 aliphatic carbocycles. The van der Waals surface area contributed by atoms with Crippen molar-refractivity contribution in [2.45, 2.75) is 31.9 Å². The van der Waals surface area contributed by atoms with Crippen molar-refractivity contribution in [2.24, 2.45) is 5.73 Å². The zero-order chi connectivity index (χ0) is 16.8. The number of primary amides is 1. The first-order valence-corrected chi connectivity index (χ1v) is 7.74. The van der Waals surface area contributed by atoms with Crippen LogP contribution in [0.15, 0.2) is 18.2 Å². The van der Waals surface area contributed by atoms with E-state index in [4.69, 9.17) is 26.8 Å². The van der Waals surface area contributed by atoms with E-state index in [0.29, 0.717) is 23.1 Å². The van der Waals surface area contributed by atoms with E-state index >= 15 is 0 Å². The molecule has 2 atom stereocenters. The Morgan fingerprint density at radius 3 is 2.96 bits per heavy atom. The average molecular weight is 342 g/mol. The predicted octanol–water partition coefficient (Wildman–Crippen LogP) is 1.89. The number of rotatable bonds is 6. The molecule has 0 spiro atoms. The van der Waals surface area contributed by atoms with Crippen molar-refractivity contribution in [1.29, 1.82) is 0 Å². The SMILES string of the molecule is CC(Nc1cc(Cl)ccc1OCC1CCCO1)C(=O)NC(N)=O. The molecule has 1 heterocycles. The van der Waals surface area contributed by atoms with Gasteiger partial charge in [-0.1, -0.05) is 11.6 Å². The fourth-order valence-electron chi connectivity index (χ4n) is 2.23. The summed E-state index contributed by atoms with van der Waals surface area (Å²) in [5.74, 6) is 0.0196. The first-order valence-electron chi connectivity index (χ1n) is 7.36. The van der Waals surface area contributed by atoms with E-state index in [0.717, 1.165) is 19.4 Å². The van der Waals surface area contributed by atoms with Crippen LogP contribution in [0.1, 0.15) is 19.8 Å². The number of urea groups is 1. The molecule has 1 fully saturated rings. The van der Waals surface area contributed by atoms with Gasteiger partial charge < -0.3 is 20.5 Å². The van der Waals surface area contributed by atoms with Gasteiger partial charge in [0.25, 0.3) is 0 Å². The molecule has 0 aromatic heterocycles. The molecule has 2 rings (SSSR count). The van der Waals surface area contributed by atoms with Gasteiger partial charge in [-0.2, -0.15) is 0 Å². The van der Waals surface area contributed by atoms with Crippen LogP contribution in [0, 0.1) is 0 Å². The number of nitrogens with one attached hydrogen (secondary N) is 2. The van der Waals surface area contributed by atoms with E-state index in [-0.39, 0.29) is 6.10 Å². The smallest absolute Gasteiger partial charge is 0.318 e. The number of halogens is 1. The third-order valence-corrected chi connectivity index (χ3v) is 3.64. The number of hydrogen-bond acceptors (Lipinski definition) is 5. The summed E-state index contributed by atoms with van der Waals surface area (Å²) in [7, 11) is 0. The summed E-state index contributed by atoms with van der Waals surface area (Å²) in [4.78, 5) is 22.5. The standard InChI is InChI=1S/C15H20ClN3O4/c1-9(14(20)19-15(17)21)18-12-7-10(16)4-5-13(12)23-8-11-3-2-6-22-11/h4-5,7,9,11,18H,2-3,6,8H2,1H3,(H3,17,19,20,21). The van der Waals surface area contributed by atoms with Gasteiger partial charge in [-0.25, -0.2) is 4.79 Å². The monoisotopic (exact) mass is 341 g/mol. The highest BCUT2D eigenvalue weighted by molar-refractivity contribution is 6.31. The topological polar surface area (TPSA) is 103 Å². The normalized spacial score (nSPS) is 18.3. The fraction of sp³-hybridized carbons (Fsp3) is 0.467. The maximum Gasteiger partial charge on any atom is 0.318 e. The lowest BCUT2D eigenvalue weighted by molar-refractivity contribution is -0.120. The summed E-state index contributed by atoms with van der Waals surface area (Å²) in [5, 5.41) is 5.48. The molecule has 1 aromatic carbocycles. The van der Waals surface area contributed by atoms with E-state index in [1.165, 1.54) is 0 Å². The van der Waals surface area contributed by atoms with E-state index in [1.807, 2.05) is 5.32 Å². The van der Waals surface area contributed by atoms with Crippen LogP contribution in [0.5, 0.6) is 5.75 Å². The Bertz CT molecular complexity index is 576. The molecule has 8 heteroatoms. The van der Waals surface area contributed by atoms with Crippen molar-refractivity contribution in [2.75, 3.05) is 18.5 Å². The van der Waals surface area contributed by atoms with Gasteiger partial charge >= 0.3 is 6.03 Å². The molecule has 1 aliphatic rings. The van der Waals surface area contributed by atoms with Crippen LogP contribution in [-0.4, -0.2) is 37.3 Å². The minimum absolute atomic E-state index is 0.0779. The largest absolute Gasteiger partial charge is 0.489 e. The molecule has 0 radical (unpaired) electrons. The van der Waals surface area contributed by atoms with Crippen molar-refractivity contribution >= 4 is 29.2 Å². The number of hydrogen-bond donors (Lipinski definition) is 3. The zero-order valence-corrected chi connectivity index (χ0v) is 13.6. The summed E-state index contributed by atoms with van der Waals surface area (Å²) in [6.07, 6.45) is 2.08. The van der Waals surface area contributed by atoms with Crippen LogP contribution in [-0.2, 0) is 9.53 Å². The Labute approximate surface area is 139 Å². The molecular formula is C15H20ClN3O4. The van der Waals surface area contributed by atoms with Crippen LogP contribution >= 0.6 is 11.6 Å². The number of nitrogens with two attached hydrogens (primary N) is 1. The van der Waals surface area contributed by atoms with E-state index < -0.39 is 18.0 Å². The number of carbonyl (C=O) groups excluding carboxylic acids is 2. The van der Waals surface area contributed by atoms with Crippen molar-refractivity contribution in [3.63, 3.8) is 0 Å². The number of ether oxygens (including phenoxy) is 2. The third-order valence-electron chi connectivity index (χ3n) is 3.40. The van der Waals surface area contributed by atoms with Gasteiger partial charge in [0.05, 0.1) is 11.8 Å². The Kier molecular flexibility index (Phi) is 6.06. The Morgan fingerprint density at radius 2 is 2.30 bits per heavy atom. The maximum absolute atomic E-state index is 11.8. The lowest BCUT2D eigenvalue weighted by Gasteiger charge is -2.19. The molecule has 4 N–H and O–H groups in total. The van der Waals surface area contributed by atoms with Crippen LogP contribution in [0.25, 0.3) is 0 Å². The molecule has 1 aliphatic heterocycles. The molecule has 1 aromatic rings. The fourth-order valence-corrected chi connectivity index (χ4v) is 2.40. The molecule has 7 nitrogen and oxygen atoms in total. The first kappa shape index (κ1) is 17.4.